The largest absolute Gasteiger partial charge is 0.462 e. The molecule has 0 aliphatic rings. The fourth-order valence-electron chi connectivity index (χ4n) is 2.82. The number of anilines is 1. The third kappa shape index (κ3) is 4.86. The summed E-state index contributed by atoms with van der Waals surface area (Å²) in [4.78, 5) is 17.4. The maximum absolute atomic E-state index is 13.9. The van der Waals surface area contributed by atoms with Crippen LogP contribution in [0.3, 0.4) is 0 Å². The summed E-state index contributed by atoms with van der Waals surface area (Å²) in [5.74, 6) is -0.299. The minimum absolute atomic E-state index is 0.0141. The summed E-state index contributed by atoms with van der Waals surface area (Å²) in [6, 6.07) is 6.07. The van der Waals surface area contributed by atoms with E-state index in [9.17, 15) is 14.3 Å². The number of benzene rings is 1. The molecule has 29 heavy (non-hydrogen) atoms. The lowest BCUT2D eigenvalue weighted by atomic mass is 10.1. The number of nitrogens with one attached hydrogen (secondary N) is 1. The van der Waals surface area contributed by atoms with Gasteiger partial charge in [-0.05, 0) is 43.7 Å². The summed E-state index contributed by atoms with van der Waals surface area (Å²) < 4.78 is 20.4. The molecule has 2 heterocycles. The predicted molar refractivity (Wildman–Crippen MR) is 110 cm³/mol. The molecule has 9 heteroatoms. The molecule has 0 aliphatic heterocycles. The van der Waals surface area contributed by atoms with Crippen molar-refractivity contribution in [1.29, 1.82) is 0 Å². The first-order valence-electron chi connectivity index (χ1n) is 9.28. The highest BCUT2D eigenvalue weighted by Gasteiger charge is 2.18. The summed E-state index contributed by atoms with van der Waals surface area (Å²) in [5.41, 5.74) is 1.42. The van der Waals surface area contributed by atoms with Crippen LogP contribution in [0.4, 0.5) is 10.2 Å². The van der Waals surface area contributed by atoms with E-state index < -0.39 is 5.97 Å². The zero-order valence-electron chi connectivity index (χ0n) is 16.4. The first-order valence-corrected chi connectivity index (χ1v) is 10.2. The number of nitrogens with zero attached hydrogens (tertiary/aromatic N) is 3. The zero-order chi connectivity index (χ0) is 21.0. The highest BCUT2D eigenvalue weighted by atomic mass is 32.2. The van der Waals surface area contributed by atoms with E-state index in [0.29, 0.717) is 11.5 Å². The smallest absolute Gasteiger partial charge is 0.343 e. The molecule has 2 aromatic heterocycles. The molecule has 2 N–H and O–H groups in total. The van der Waals surface area contributed by atoms with E-state index in [1.807, 2.05) is 13.8 Å². The number of esters is 1. The lowest BCUT2D eigenvalue weighted by Crippen LogP contribution is -2.12. The van der Waals surface area contributed by atoms with Gasteiger partial charge in [0, 0.05) is 16.3 Å². The Morgan fingerprint density at radius 2 is 2.17 bits per heavy atom. The Hall–Kier alpha value is -2.65. The fraction of sp³-hybridized carbons (Fsp3) is 0.350. The molecular formula is C20H23FN4O3S. The zero-order valence-corrected chi connectivity index (χ0v) is 17.2. The van der Waals surface area contributed by atoms with Crippen molar-refractivity contribution in [1.82, 2.24) is 14.6 Å². The number of aromatic nitrogens is 3. The van der Waals surface area contributed by atoms with E-state index in [4.69, 9.17) is 4.74 Å². The second kappa shape index (κ2) is 9.23. The van der Waals surface area contributed by atoms with Crippen LogP contribution in [0.25, 0.3) is 5.65 Å². The Morgan fingerprint density at radius 1 is 1.38 bits per heavy atom. The molecule has 2 atom stereocenters. The van der Waals surface area contributed by atoms with Crippen LogP contribution in [0.2, 0.25) is 0 Å². The molecule has 0 saturated heterocycles. The van der Waals surface area contributed by atoms with E-state index in [0.717, 1.165) is 10.5 Å². The van der Waals surface area contributed by atoms with Crippen LogP contribution in [0, 0.1) is 5.82 Å². The molecule has 0 aliphatic carbocycles. The number of aliphatic hydroxyl groups excluding tert-OH is 1. The number of halogens is 1. The van der Waals surface area contributed by atoms with Gasteiger partial charge < -0.3 is 15.2 Å². The summed E-state index contributed by atoms with van der Waals surface area (Å²) in [6.07, 6.45) is 3.11. The van der Waals surface area contributed by atoms with Crippen molar-refractivity contribution in [3.63, 3.8) is 0 Å². The van der Waals surface area contributed by atoms with Gasteiger partial charge in [0.1, 0.15) is 17.2 Å². The topological polar surface area (TPSA) is 88.8 Å². The number of carbonyl (C=O) groups is 1. The summed E-state index contributed by atoms with van der Waals surface area (Å²) in [5, 5.41) is 16.7. The first kappa shape index (κ1) is 21.1. The quantitative estimate of drug-likeness (QED) is 0.426. The second-order valence-corrected chi connectivity index (χ2v) is 8.00. The van der Waals surface area contributed by atoms with Gasteiger partial charge in [0.2, 0.25) is 0 Å². The molecule has 3 rings (SSSR count). The highest BCUT2D eigenvalue weighted by molar-refractivity contribution is 8.00. The van der Waals surface area contributed by atoms with E-state index >= 15 is 0 Å². The summed E-state index contributed by atoms with van der Waals surface area (Å²) >= 11 is 1.48. The molecule has 0 spiro atoms. The minimum atomic E-state index is -0.484. The van der Waals surface area contributed by atoms with Crippen LogP contribution in [0.5, 0.6) is 0 Å². The molecule has 0 amide bonds. The van der Waals surface area contributed by atoms with E-state index in [2.05, 4.69) is 15.4 Å². The summed E-state index contributed by atoms with van der Waals surface area (Å²) in [6.45, 7) is 5.83. The van der Waals surface area contributed by atoms with Crippen LogP contribution in [0.15, 0.2) is 41.6 Å². The van der Waals surface area contributed by atoms with Crippen molar-refractivity contribution < 1.29 is 19.0 Å². The number of thioether (sulfide) groups is 1. The van der Waals surface area contributed by atoms with Crippen molar-refractivity contribution >= 4 is 29.2 Å². The van der Waals surface area contributed by atoms with Gasteiger partial charge in [-0.1, -0.05) is 6.92 Å². The molecule has 154 valence electrons. The maximum atomic E-state index is 13.9. The monoisotopic (exact) mass is 418 g/mol. The van der Waals surface area contributed by atoms with Crippen LogP contribution in [-0.2, 0) is 4.74 Å². The lowest BCUT2D eigenvalue weighted by Gasteiger charge is -2.20. The van der Waals surface area contributed by atoms with Gasteiger partial charge in [0.05, 0.1) is 25.5 Å². The van der Waals surface area contributed by atoms with Crippen LogP contribution >= 0.6 is 11.8 Å². The van der Waals surface area contributed by atoms with E-state index in [1.54, 1.807) is 25.3 Å². The van der Waals surface area contributed by atoms with Gasteiger partial charge in [-0.3, -0.25) is 0 Å². The van der Waals surface area contributed by atoms with Crippen LogP contribution in [0.1, 0.15) is 42.7 Å². The van der Waals surface area contributed by atoms with Crippen molar-refractivity contribution in [2.75, 3.05) is 18.5 Å². The molecule has 3 aromatic rings. The Bertz CT molecular complexity index is 1010. The average Bonchev–Trinajstić information content (AvgIpc) is 3.12. The average molecular weight is 418 g/mol. The van der Waals surface area contributed by atoms with Crippen LogP contribution < -0.4 is 5.32 Å². The number of rotatable bonds is 8. The molecule has 0 fully saturated rings. The van der Waals surface area contributed by atoms with Gasteiger partial charge in [-0.2, -0.15) is 5.10 Å². The Labute approximate surface area is 172 Å². The maximum Gasteiger partial charge on any atom is 0.343 e. The Morgan fingerprint density at radius 3 is 2.90 bits per heavy atom. The van der Waals surface area contributed by atoms with Gasteiger partial charge in [-0.15, -0.1) is 11.8 Å². The number of carbonyl (C=O) groups excluding carboxylic acids is 1. The molecule has 0 bridgehead atoms. The minimum Gasteiger partial charge on any atom is -0.462 e. The third-order valence-electron chi connectivity index (χ3n) is 4.25. The standard InChI is InChI=1S/C20H23FN4O3S/c1-4-28-20(27)16-10-22-25-8-7-18(24-19(16)25)23-13(3)15-9-14(21)5-6-17(15)29-12(2)11-26/h5-10,12-13,26H,4,11H2,1-3H3,(H,23,24)/t12?,13-/m1/s1. The molecule has 0 radical (unpaired) electrons. The SMILES string of the molecule is CCOC(=O)c1cnn2ccc(N[C@H](C)c3cc(F)ccc3SC(C)CO)nc12. The number of hydrogen-bond acceptors (Lipinski definition) is 7. The number of aliphatic hydroxyl groups is 1. The van der Waals surface area contributed by atoms with Crippen LogP contribution in [-0.4, -0.2) is 44.1 Å². The molecule has 0 saturated carbocycles. The molecule has 1 aromatic carbocycles. The third-order valence-corrected chi connectivity index (χ3v) is 5.43. The first-order chi connectivity index (χ1) is 13.9. The second-order valence-electron chi connectivity index (χ2n) is 6.52. The van der Waals surface area contributed by atoms with Crippen molar-refractivity contribution in [2.24, 2.45) is 0 Å². The Balaban J connectivity index is 1.88. The van der Waals surface area contributed by atoms with Crippen molar-refractivity contribution in [2.45, 2.75) is 37.0 Å². The van der Waals surface area contributed by atoms with Crippen molar-refractivity contribution in [3.05, 3.63) is 53.6 Å². The van der Waals surface area contributed by atoms with Gasteiger partial charge >= 0.3 is 5.97 Å². The van der Waals surface area contributed by atoms with Crippen molar-refractivity contribution in [3.8, 4) is 0 Å². The number of hydrogen-bond donors (Lipinski definition) is 2. The summed E-state index contributed by atoms with van der Waals surface area (Å²) in [7, 11) is 0. The number of ether oxygens (including phenoxy) is 1. The Kier molecular flexibility index (Phi) is 6.71. The van der Waals surface area contributed by atoms with E-state index in [1.165, 1.54) is 34.6 Å². The molecule has 1 unspecified atom stereocenters. The normalized spacial score (nSPS) is 13.3. The van der Waals surface area contributed by atoms with E-state index in [-0.39, 0.29) is 35.9 Å². The predicted octanol–water partition coefficient (Wildman–Crippen LogP) is 3.69. The fourth-order valence-corrected chi connectivity index (χ4v) is 3.85. The molecule has 7 nitrogen and oxygen atoms in total. The number of fused-ring (bicyclic) bond motifs is 1. The lowest BCUT2D eigenvalue weighted by molar-refractivity contribution is 0.0528. The highest BCUT2D eigenvalue weighted by Crippen LogP contribution is 2.32. The molecular weight excluding hydrogens is 395 g/mol. The van der Waals surface area contributed by atoms with Gasteiger partial charge in [-0.25, -0.2) is 18.7 Å². The van der Waals surface area contributed by atoms with Gasteiger partial charge in [0.15, 0.2) is 5.65 Å². The van der Waals surface area contributed by atoms with Gasteiger partial charge in [0.25, 0.3) is 0 Å².